The number of unbranched alkanes of at least 4 members (excludes halogenated alkanes) is 1. The van der Waals surface area contributed by atoms with Crippen molar-refractivity contribution in [1.29, 1.82) is 0 Å². The van der Waals surface area contributed by atoms with Crippen molar-refractivity contribution in [1.82, 2.24) is 0 Å². The zero-order chi connectivity index (χ0) is 16.6. The molecule has 0 radical (unpaired) electrons. The van der Waals surface area contributed by atoms with E-state index >= 15 is 0 Å². The van der Waals surface area contributed by atoms with Gasteiger partial charge in [-0.25, -0.2) is 0 Å². The zero-order valence-electron chi connectivity index (χ0n) is 14.3. The van der Waals surface area contributed by atoms with Crippen LogP contribution in [0.3, 0.4) is 0 Å². The summed E-state index contributed by atoms with van der Waals surface area (Å²) >= 11 is 1.76. The fourth-order valence-corrected chi connectivity index (χ4v) is 4.63. The Hall–Kier alpha value is -1.61. The third-order valence-electron chi connectivity index (χ3n) is 4.77. The molecular formula is C20H24O2S. The summed E-state index contributed by atoms with van der Waals surface area (Å²) in [5.74, 6) is 1.35. The second kappa shape index (κ2) is 6.12. The van der Waals surface area contributed by atoms with Crippen LogP contribution < -0.4 is 4.74 Å². The maximum atomic E-state index is 10.4. The highest BCUT2D eigenvalue weighted by Gasteiger charge is 2.43. The average molecular weight is 328 g/mol. The smallest absolute Gasteiger partial charge is 0.184 e. The molecule has 0 saturated heterocycles. The Balaban J connectivity index is 2.12. The molecule has 1 unspecified atom stereocenters. The Morgan fingerprint density at radius 3 is 2.39 bits per heavy atom. The summed E-state index contributed by atoms with van der Waals surface area (Å²) in [5.41, 5.74) is 4.10. The van der Waals surface area contributed by atoms with Crippen LogP contribution in [0.2, 0.25) is 0 Å². The molecule has 2 aromatic rings. The highest BCUT2D eigenvalue weighted by atomic mass is 32.2. The van der Waals surface area contributed by atoms with Crippen molar-refractivity contribution in [2.24, 2.45) is 0 Å². The first-order valence-corrected chi connectivity index (χ1v) is 9.08. The molecule has 0 saturated carbocycles. The number of thioether (sulfide) groups is 1. The van der Waals surface area contributed by atoms with Gasteiger partial charge in [-0.3, -0.25) is 0 Å². The molecule has 23 heavy (non-hydrogen) atoms. The van der Waals surface area contributed by atoms with E-state index in [1.54, 1.807) is 11.8 Å². The number of aromatic hydroxyl groups is 1. The standard InChI is InChI=1S/C20H24O2S/c1-5-6-12-20(16-10-8-7-9-11-16)22-18-14(3)13(2)17(21)15(4)19(18)23-20/h7-11,21H,5-6,12H2,1-4H3. The van der Waals surface area contributed by atoms with E-state index in [2.05, 4.69) is 31.2 Å². The first-order chi connectivity index (χ1) is 11.0. The molecule has 0 aliphatic carbocycles. The Labute approximate surface area is 142 Å². The Morgan fingerprint density at radius 2 is 1.74 bits per heavy atom. The van der Waals surface area contributed by atoms with E-state index in [4.69, 9.17) is 4.74 Å². The van der Waals surface area contributed by atoms with Crippen LogP contribution >= 0.6 is 11.8 Å². The van der Waals surface area contributed by atoms with E-state index in [-0.39, 0.29) is 4.93 Å². The molecule has 0 amide bonds. The molecule has 1 aliphatic heterocycles. The summed E-state index contributed by atoms with van der Waals surface area (Å²) in [7, 11) is 0. The second-order valence-electron chi connectivity index (χ2n) is 6.31. The van der Waals surface area contributed by atoms with Crippen molar-refractivity contribution in [3.8, 4) is 11.5 Å². The third kappa shape index (κ3) is 2.61. The maximum Gasteiger partial charge on any atom is 0.184 e. The highest BCUT2D eigenvalue weighted by molar-refractivity contribution is 8.00. The number of ether oxygens (including phenoxy) is 1. The molecule has 2 nitrogen and oxygen atoms in total. The number of rotatable bonds is 4. The number of hydrogen-bond donors (Lipinski definition) is 1. The van der Waals surface area contributed by atoms with Crippen molar-refractivity contribution in [2.45, 2.75) is 56.8 Å². The molecule has 3 heteroatoms. The van der Waals surface area contributed by atoms with Crippen LogP contribution in [0.4, 0.5) is 0 Å². The molecule has 1 heterocycles. The topological polar surface area (TPSA) is 29.5 Å². The average Bonchev–Trinajstić information content (AvgIpc) is 2.98. The summed E-state index contributed by atoms with van der Waals surface area (Å²) < 4.78 is 6.58. The number of benzene rings is 2. The van der Waals surface area contributed by atoms with E-state index in [1.807, 2.05) is 26.8 Å². The van der Waals surface area contributed by atoms with E-state index in [0.29, 0.717) is 5.75 Å². The first-order valence-electron chi connectivity index (χ1n) is 8.26. The lowest BCUT2D eigenvalue weighted by atomic mass is 10.0. The van der Waals surface area contributed by atoms with Crippen molar-refractivity contribution in [3.05, 3.63) is 52.6 Å². The quantitative estimate of drug-likeness (QED) is 0.764. The molecule has 3 rings (SSSR count). The summed E-state index contributed by atoms with van der Waals surface area (Å²) in [6.45, 7) is 8.19. The largest absolute Gasteiger partial charge is 0.507 e. The lowest BCUT2D eigenvalue weighted by molar-refractivity contribution is 0.159. The monoisotopic (exact) mass is 328 g/mol. The van der Waals surface area contributed by atoms with Gasteiger partial charge in [-0.05, 0) is 38.3 Å². The van der Waals surface area contributed by atoms with Gasteiger partial charge in [0.05, 0.1) is 4.90 Å². The van der Waals surface area contributed by atoms with Crippen LogP contribution in [-0.4, -0.2) is 5.11 Å². The predicted molar refractivity (Wildman–Crippen MR) is 96.4 cm³/mol. The Kier molecular flexibility index (Phi) is 4.33. The number of phenolic OH excluding ortho intramolecular Hbond substituents is 1. The summed E-state index contributed by atoms with van der Waals surface area (Å²) in [6.07, 6.45) is 3.21. The van der Waals surface area contributed by atoms with Gasteiger partial charge in [0.1, 0.15) is 11.5 Å². The lowest BCUT2D eigenvalue weighted by Gasteiger charge is -2.28. The zero-order valence-corrected chi connectivity index (χ0v) is 15.1. The molecule has 2 aromatic carbocycles. The molecule has 0 spiro atoms. The van der Waals surface area contributed by atoms with Crippen molar-refractivity contribution >= 4 is 11.8 Å². The molecule has 122 valence electrons. The Morgan fingerprint density at radius 1 is 1.04 bits per heavy atom. The van der Waals surface area contributed by atoms with Gasteiger partial charge in [-0.2, -0.15) is 0 Å². The molecule has 0 bridgehead atoms. The summed E-state index contributed by atoms with van der Waals surface area (Å²) in [6, 6.07) is 10.5. The molecule has 1 aliphatic rings. The number of hydrogen-bond acceptors (Lipinski definition) is 3. The minimum atomic E-state index is -0.380. The van der Waals surface area contributed by atoms with Crippen LogP contribution in [0, 0.1) is 20.8 Å². The van der Waals surface area contributed by atoms with Gasteiger partial charge in [-0.1, -0.05) is 55.4 Å². The summed E-state index contributed by atoms with van der Waals surface area (Å²) in [4.78, 5) is 0.709. The van der Waals surface area contributed by atoms with Crippen molar-refractivity contribution < 1.29 is 9.84 Å². The molecule has 1 N–H and O–H groups in total. The van der Waals surface area contributed by atoms with E-state index in [0.717, 1.165) is 46.6 Å². The lowest BCUT2D eigenvalue weighted by Crippen LogP contribution is -2.26. The second-order valence-corrected chi connectivity index (χ2v) is 7.58. The van der Waals surface area contributed by atoms with Crippen molar-refractivity contribution in [2.75, 3.05) is 0 Å². The van der Waals surface area contributed by atoms with Crippen LogP contribution in [-0.2, 0) is 4.93 Å². The molecular weight excluding hydrogens is 304 g/mol. The molecule has 0 aromatic heterocycles. The van der Waals surface area contributed by atoms with Crippen molar-refractivity contribution in [3.63, 3.8) is 0 Å². The molecule has 1 atom stereocenters. The minimum absolute atomic E-state index is 0.380. The first kappa shape index (κ1) is 16.3. The van der Waals surface area contributed by atoms with Gasteiger partial charge in [0, 0.05) is 17.5 Å². The van der Waals surface area contributed by atoms with E-state index in [9.17, 15) is 5.11 Å². The van der Waals surface area contributed by atoms with Gasteiger partial charge >= 0.3 is 0 Å². The SMILES string of the molecule is CCCCC1(c2ccccc2)Oc2c(C)c(C)c(O)c(C)c2S1. The summed E-state index contributed by atoms with van der Waals surface area (Å²) in [5, 5.41) is 10.4. The number of phenols is 1. The van der Waals surface area contributed by atoms with Crippen LogP contribution in [0.5, 0.6) is 11.5 Å². The predicted octanol–water partition coefficient (Wildman–Crippen LogP) is 5.85. The van der Waals surface area contributed by atoms with Gasteiger partial charge in [0.15, 0.2) is 4.93 Å². The minimum Gasteiger partial charge on any atom is -0.507 e. The fraction of sp³-hybridized carbons (Fsp3) is 0.400. The van der Waals surface area contributed by atoms with Crippen LogP contribution in [0.15, 0.2) is 35.2 Å². The van der Waals surface area contributed by atoms with E-state index in [1.165, 1.54) is 5.56 Å². The normalized spacial score (nSPS) is 19.5. The van der Waals surface area contributed by atoms with Gasteiger partial charge in [-0.15, -0.1) is 0 Å². The van der Waals surface area contributed by atoms with Gasteiger partial charge < -0.3 is 9.84 Å². The Bertz CT molecular complexity index is 685. The molecule has 0 fully saturated rings. The van der Waals surface area contributed by atoms with Crippen LogP contribution in [0.25, 0.3) is 0 Å². The third-order valence-corrected chi connectivity index (χ3v) is 6.32. The highest BCUT2D eigenvalue weighted by Crippen LogP contribution is 2.59. The van der Waals surface area contributed by atoms with Crippen LogP contribution in [0.1, 0.15) is 48.4 Å². The fourth-order valence-electron chi connectivity index (χ4n) is 3.14. The maximum absolute atomic E-state index is 10.4. The van der Waals surface area contributed by atoms with Gasteiger partial charge in [0.25, 0.3) is 0 Å². The van der Waals surface area contributed by atoms with E-state index < -0.39 is 0 Å². The number of fused-ring (bicyclic) bond motifs is 1. The van der Waals surface area contributed by atoms with Gasteiger partial charge in [0.2, 0.25) is 0 Å².